The van der Waals surface area contributed by atoms with E-state index in [1.165, 1.54) is 6.07 Å². The van der Waals surface area contributed by atoms with Gasteiger partial charge in [-0.2, -0.15) is 5.10 Å². The molecule has 0 fully saturated rings. The molecule has 0 saturated heterocycles. The molecule has 21 heavy (non-hydrogen) atoms. The van der Waals surface area contributed by atoms with Gasteiger partial charge in [-0.1, -0.05) is 25.7 Å². The normalized spacial score (nSPS) is 11.9. The molecule has 0 unspecified atom stereocenters. The van der Waals surface area contributed by atoms with Crippen LogP contribution in [0.5, 0.6) is 0 Å². The van der Waals surface area contributed by atoms with Crippen molar-refractivity contribution in [1.82, 2.24) is 9.78 Å². The average Bonchev–Trinajstić information content (AvgIpc) is 2.85. The summed E-state index contributed by atoms with van der Waals surface area (Å²) in [5.41, 5.74) is 1.65. The maximum atomic E-state index is 13.6. The first-order valence-corrected chi connectivity index (χ1v) is 11.4. The number of hydrogen-bond donors (Lipinski definition) is 0. The van der Waals surface area contributed by atoms with Crippen LogP contribution in [-0.2, 0) is 11.5 Å². The molecule has 0 saturated carbocycles. The van der Waals surface area contributed by atoms with Gasteiger partial charge in [0, 0.05) is 26.4 Å². The summed E-state index contributed by atoms with van der Waals surface area (Å²) >= 11 is 3.16. The topological polar surface area (TPSA) is 27.1 Å². The predicted octanol–water partition coefficient (Wildman–Crippen LogP) is 4.76. The van der Waals surface area contributed by atoms with Crippen LogP contribution in [0.1, 0.15) is 0 Å². The van der Waals surface area contributed by atoms with Gasteiger partial charge in [-0.15, -0.1) is 0 Å². The van der Waals surface area contributed by atoms with E-state index in [0.29, 0.717) is 11.2 Å². The highest BCUT2D eigenvalue weighted by Crippen LogP contribution is 2.24. The summed E-state index contributed by atoms with van der Waals surface area (Å²) in [5.74, 6) is -0.278. The molecular formula is C15H20BrFN2OSi. The lowest BCUT2D eigenvalue weighted by atomic mass is 10.1. The van der Waals surface area contributed by atoms with Crippen LogP contribution < -0.4 is 0 Å². The molecule has 114 valence electrons. The first-order chi connectivity index (χ1) is 9.87. The minimum atomic E-state index is -1.08. The molecule has 0 spiro atoms. The number of benzene rings is 1. The Bertz CT molecular complexity index is 610. The van der Waals surface area contributed by atoms with Crippen LogP contribution in [0.3, 0.4) is 0 Å². The zero-order chi connectivity index (χ0) is 15.5. The van der Waals surface area contributed by atoms with Crippen molar-refractivity contribution in [3.05, 3.63) is 40.8 Å². The van der Waals surface area contributed by atoms with Crippen molar-refractivity contribution in [3.63, 3.8) is 0 Å². The van der Waals surface area contributed by atoms with Crippen LogP contribution in [-0.4, -0.2) is 24.5 Å². The second-order valence-corrected chi connectivity index (χ2v) is 12.7. The molecule has 1 aromatic heterocycles. The maximum Gasteiger partial charge on any atom is 0.139 e. The maximum absolute atomic E-state index is 13.6. The fourth-order valence-corrected chi connectivity index (χ4v) is 2.87. The van der Waals surface area contributed by atoms with Crippen molar-refractivity contribution in [2.75, 3.05) is 6.61 Å². The van der Waals surface area contributed by atoms with E-state index in [-0.39, 0.29) is 5.82 Å². The minimum absolute atomic E-state index is 0.278. The summed E-state index contributed by atoms with van der Waals surface area (Å²) in [5, 5.41) is 4.25. The SMILES string of the molecule is C[Si](C)(C)CCOCn1nccc1-c1ccc(Br)c(F)c1. The predicted molar refractivity (Wildman–Crippen MR) is 89.4 cm³/mol. The molecule has 2 aromatic rings. The summed E-state index contributed by atoms with van der Waals surface area (Å²) in [7, 11) is -1.08. The zero-order valence-corrected chi connectivity index (χ0v) is 15.2. The van der Waals surface area contributed by atoms with Crippen LogP contribution >= 0.6 is 15.9 Å². The van der Waals surface area contributed by atoms with Crippen molar-refractivity contribution < 1.29 is 9.13 Å². The van der Waals surface area contributed by atoms with Crippen molar-refractivity contribution in [3.8, 4) is 11.3 Å². The highest BCUT2D eigenvalue weighted by atomic mass is 79.9. The Morgan fingerprint density at radius 1 is 1.29 bits per heavy atom. The average molecular weight is 371 g/mol. The van der Waals surface area contributed by atoms with Gasteiger partial charge in [-0.3, -0.25) is 0 Å². The summed E-state index contributed by atoms with van der Waals surface area (Å²) in [6, 6.07) is 8.05. The summed E-state index contributed by atoms with van der Waals surface area (Å²) < 4.78 is 21.6. The third-order valence-corrected chi connectivity index (χ3v) is 5.49. The van der Waals surface area contributed by atoms with Crippen molar-refractivity contribution in [2.24, 2.45) is 0 Å². The van der Waals surface area contributed by atoms with E-state index in [4.69, 9.17) is 4.74 Å². The van der Waals surface area contributed by atoms with Gasteiger partial charge < -0.3 is 4.74 Å². The quantitative estimate of drug-likeness (QED) is 0.541. The van der Waals surface area contributed by atoms with Crippen LogP contribution in [0.4, 0.5) is 4.39 Å². The number of nitrogens with zero attached hydrogens (tertiary/aromatic N) is 2. The number of halogens is 2. The van der Waals surface area contributed by atoms with Crippen molar-refractivity contribution in [1.29, 1.82) is 0 Å². The summed E-state index contributed by atoms with van der Waals surface area (Å²) in [6.07, 6.45) is 1.71. The lowest BCUT2D eigenvalue weighted by Gasteiger charge is -2.16. The lowest BCUT2D eigenvalue weighted by molar-refractivity contribution is 0.0798. The monoisotopic (exact) mass is 370 g/mol. The van der Waals surface area contributed by atoms with E-state index in [1.807, 2.05) is 12.1 Å². The number of ether oxygens (including phenoxy) is 1. The van der Waals surface area contributed by atoms with Gasteiger partial charge in [-0.25, -0.2) is 9.07 Å². The Balaban J connectivity index is 2.03. The van der Waals surface area contributed by atoms with E-state index >= 15 is 0 Å². The van der Waals surface area contributed by atoms with Gasteiger partial charge in [-0.05, 0) is 40.2 Å². The molecule has 0 N–H and O–H groups in total. The van der Waals surface area contributed by atoms with Crippen LogP contribution in [0.15, 0.2) is 34.9 Å². The van der Waals surface area contributed by atoms with Gasteiger partial charge in [0.05, 0.1) is 10.2 Å². The fourth-order valence-electron chi connectivity index (χ4n) is 1.87. The number of rotatable bonds is 6. The molecule has 6 heteroatoms. The van der Waals surface area contributed by atoms with Crippen LogP contribution in [0, 0.1) is 5.82 Å². The molecule has 0 bridgehead atoms. The lowest BCUT2D eigenvalue weighted by Crippen LogP contribution is -2.22. The van der Waals surface area contributed by atoms with Gasteiger partial charge in [0.2, 0.25) is 0 Å². The molecule has 0 aliphatic rings. The largest absolute Gasteiger partial charge is 0.360 e. The Labute approximate surface area is 134 Å². The zero-order valence-electron chi connectivity index (χ0n) is 12.6. The molecule has 0 atom stereocenters. The Hall–Kier alpha value is -0.983. The van der Waals surface area contributed by atoms with Gasteiger partial charge in [0.1, 0.15) is 12.5 Å². The smallest absolute Gasteiger partial charge is 0.139 e. The molecule has 1 aromatic carbocycles. The summed E-state index contributed by atoms with van der Waals surface area (Å²) in [4.78, 5) is 0. The Kier molecular flexibility index (Phi) is 5.35. The number of aromatic nitrogens is 2. The van der Waals surface area contributed by atoms with E-state index in [2.05, 4.69) is 40.7 Å². The molecule has 2 rings (SSSR count). The number of hydrogen-bond acceptors (Lipinski definition) is 2. The van der Waals surface area contributed by atoms with E-state index < -0.39 is 8.07 Å². The second-order valence-electron chi connectivity index (χ2n) is 6.19. The first kappa shape index (κ1) is 16.4. The Morgan fingerprint density at radius 2 is 2.05 bits per heavy atom. The van der Waals surface area contributed by atoms with Crippen molar-refractivity contribution in [2.45, 2.75) is 32.4 Å². The standard InChI is InChI=1S/C15H20BrFN2OSi/c1-21(2,3)9-8-20-11-19-15(6-7-18-19)12-4-5-13(16)14(17)10-12/h4-7,10H,8-9,11H2,1-3H3. The molecular weight excluding hydrogens is 351 g/mol. The van der Waals surface area contributed by atoms with Crippen LogP contribution in [0.2, 0.25) is 25.7 Å². The summed E-state index contributed by atoms with van der Waals surface area (Å²) in [6.45, 7) is 8.09. The molecule has 0 aliphatic heterocycles. The van der Waals surface area contributed by atoms with E-state index in [9.17, 15) is 4.39 Å². The highest BCUT2D eigenvalue weighted by Gasteiger charge is 2.13. The molecule has 0 radical (unpaired) electrons. The molecule has 0 amide bonds. The van der Waals surface area contributed by atoms with Gasteiger partial charge in [0.15, 0.2) is 0 Å². The Morgan fingerprint density at radius 3 is 2.71 bits per heavy atom. The second kappa shape index (κ2) is 6.85. The third kappa shape index (κ3) is 4.76. The fraction of sp³-hybridized carbons (Fsp3) is 0.400. The van der Waals surface area contributed by atoms with Crippen molar-refractivity contribution >= 4 is 24.0 Å². The first-order valence-electron chi connectivity index (χ1n) is 6.92. The highest BCUT2D eigenvalue weighted by molar-refractivity contribution is 9.10. The van der Waals surface area contributed by atoms with Gasteiger partial charge >= 0.3 is 0 Å². The minimum Gasteiger partial charge on any atom is -0.360 e. The molecule has 3 nitrogen and oxygen atoms in total. The third-order valence-electron chi connectivity index (χ3n) is 3.14. The van der Waals surface area contributed by atoms with Gasteiger partial charge in [0.25, 0.3) is 0 Å². The van der Waals surface area contributed by atoms with E-state index in [0.717, 1.165) is 23.9 Å². The van der Waals surface area contributed by atoms with Crippen LogP contribution in [0.25, 0.3) is 11.3 Å². The molecule has 0 aliphatic carbocycles. The molecule has 1 heterocycles. The van der Waals surface area contributed by atoms with E-state index in [1.54, 1.807) is 16.9 Å².